The Morgan fingerprint density at radius 3 is 2.71 bits per heavy atom. The van der Waals surface area contributed by atoms with Gasteiger partial charge in [0.15, 0.2) is 0 Å². The lowest BCUT2D eigenvalue weighted by molar-refractivity contribution is 1.16. The van der Waals surface area contributed by atoms with Crippen LogP contribution in [-0.4, -0.2) is 4.37 Å². The van der Waals surface area contributed by atoms with E-state index < -0.39 is 0 Å². The van der Waals surface area contributed by atoms with Gasteiger partial charge in [0.1, 0.15) is 5.00 Å². The first kappa shape index (κ1) is 9.21. The maximum absolute atomic E-state index is 4.21. The second kappa shape index (κ2) is 4.24. The molecule has 0 bridgehead atoms. The molecule has 0 fully saturated rings. The first-order valence-electron chi connectivity index (χ1n) is 4.56. The number of anilines is 1. The Kier molecular flexibility index (Phi) is 2.79. The predicted octanol–water partition coefficient (Wildman–Crippen LogP) is 3.06. The van der Waals surface area contributed by atoms with Gasteiger partial charge in [-0.1, -0.05) is 30.3 Å². The van der Waals surface area contributed by atoms with Crippen molar-refractivity contribution in [3.63, 3.8) is 0 Å². The van der Waals surface area contributed by atoms with E-state index in [0.717, 1.165) is 17.2 Å². The van der Waals surface area contributed by atoms with E-state index in [1.54, 1.807) is 0 Å². The number of nitrogens with zero attached hydrogens (tertiary/aromatic N) is 1. The number of hydrogen-bond donors (Lipinski definition) is 1. The second-order valence-corrected chi connectivity index (χ2v) is 3.98. The highest BCUT2D eigenvalue weighted by atomic mass is 32.1. The highest BCUT2D eigenvalue weighted by Gasteiger charge is 1.96. The van der Waals surface area contributed by atoms with E-state index in [4.69, 9.17) is 0 Å². The molecule has 2 nitrogen and oxygen atoms in total. The van der Waals surface area contributed by atoms with Crippen molar-refractivity contribution in [3.05, 3.63) is 47.7 Å². The quantitative estimate of drug-likeness (QED) is 0.831. The molecule has 0 aliphatic heterocycles. The molecule has 0 saturated carbocycles. The number of aromatic nitrogens is 1. The highest BCUT2D eigenvalue weighted by Crippen LogP contribution is 2.16. The third kappa shape index (κ3) is 2.33. The molecule has 0 aliphatic rings. The van der Waals surface area contributed by atoms with Crippen LogP contribution in [0.15, 0.2) is 36.4 Å². The monoisotopic (exact) mass is 204 g/mol. The largest absolute Gasteiger partial charge is 0.372 e. The van der Waals surface area contributed by atoms with Crippen molar-refractivity contribution in [1.82, 2.24) is 4.37 Å². The van der Waals surface area contributed by atoms with Crippen molar-refractivity contribution in [2.24, 2.45) is 0 Å². The minimum Gasteiger partial charge on any atom is -0.372 e. The number of aryl methyl sites for hydroxylation is 1. The lowest BCUT2D eigenvalue weighted by Gasteiger charge is -2.01. The smallest absolute Gasteiger partial charge is 0.109 e. The van der Waals surface area contributed by atoms with Gasteiger partial charge in [-0.2, -0.15) is 4.37 Å². The molecule has 0 amide bonds. The van der Waals surface area contributed by atoms with Crippen molar-refractivity contribution in [3.8, 4) is 0 Å². The van der Waals surface area contributed by atoms with Gasteiger partial charge < -0.3 is 5.32 Å². The molecule has 0 atom stereocenters. The van der Waals surface area contributed by atoms with Crippen LogP contribution in [0.3, 0.4) is 0 Å². The lowest BCUT2D eigenvalue weighted by Crippen LogP contribution is -1.96. The molecule has 1 heterocycles. The van der Waals surface area contributed by atoms with Crippen LogP contribution in [0.4, 0.5) is 5.00 Å². The summed E-state index contributed by atoms with van der Waals surface area (Å²) >= 11 is 1.51. The van der Waals surface area contributed by atoms with Gasteiger partial charge in [-0.15, -0.1) is 0 Å². The molecule has 2 rings (SSSR count). The molecule has 0 saturated heterocycles. The Hall–Kier alpha value is -1.35. The summed E-state index contributed by atoms with van der Waals surface area (Å²) in [6.45, 7) is 2.87. The van der Waals surface area contributed by atoms with Gasteiger partial charge in [-0.25, -0.2) is 0 Å². The average Bonchev–Trinajstić information content (AvgIpc) is 2.63. The fraction of sp³-hybridized carbons (Fsp3) is 0.182. The van der Waals surface area contributed by atoms with E-state index in [9.17, 15) is 0 Å². The van der Waals surface area contributed by atoms with Crippen LogP contribution >= 0.6 is 11.5 Å². The molecular weight excluding hydrogens is 192 g/mol. The Labute approximate surface area is 87.8 Å². The zero-order valence-corrected chi connectivity index (χ0v) is 8.84. The first-order valence-corrected chi connectivity index (χ1v) is 5.33. The van der Waals surface area contributed by atoms with Gasteiger partial charge in [-0.3, -0.25) is 0 Å². The molecule has 0 spiro atoms. The van der Waals surface area contributed by atoms with Crippen LogP contribution in [0, 0.1) is 6.92 Å². The molecular formula is C11H12N2S. The zero-order chi connectivity index (χ0) is 9.80. The highest BCUT2D eigenvalue weighted by molar-refractivity contribution is 7.10. The van der Waals surface area contributed by atoms with Crippen molar-refractivity contribution in [2.75, 3.05) is 5.32 Å². The van der Waals surface area contributed by atoms with Crippen LogP contribution in [0.2, 0.25) is 0 Å². The molecule has 0 unspecified atom stereocenters. The summed E-state index contributed by atoms with van der Waals surface area (Å²) in [7, 11) is 0. The summed E-state index contributed by atoms with van der Waals surface area (Å²) in [5.74, 6) is 0. The second-order valence-electron chi connectivity index (χ2n) is 3.17. The zero-order valence-electron chi connectivity index (χ0n) is 8.03. The first-order chi connectivity index (χ1) is 6.84. The SMILES string of the molecule is Cc1cc(NCc2ccccc2)sn1. The topological polar surface area (TPSA) is 24.9 Å². The molecule has 0 radical (unpaired) electrons. The third-order valence-electron chi connectivity index (χ3n) is 1.94. The molecule has 14 heavy (non-hydrogen) atoms. The fourth-order valence-corrected chi connectivity index (χ4v) is 1.89. The Morgan fingerprint density at radius 2 is 2.07 bits per heavy atom. The molecule has 1 aromatic heterocycles. The van der Waals surface area contributed by atoms with E-state index in [1.165, 1.54) is 17.1 Å². The summed E-state index contributed by atoms with van der Waals surface area (Å²) in [5, 5.41) is 4.47. The van der Waals surface area contributed by atoms with Gasteiger partial charge in [0, 0.05) is 6.54 Å². The Bertz CT molecular complexity index is 395. The van der Waals surface area contributed by atoms with E-state index in [1.807, 2.05) is 13.0 Å². The minimum atomic E-state index is 0.864. The standard InChI is InChI=1S/C11H12N2S/c1-9-7-11(14-13-9)12-8-10-5-3-2-4-6-10/h2-7,12H,8H2,1H3. The number of hydrogen-bond acceptors (Lipinski definition) is 3. The summed E-state index contributed by atoms with van der Waals surface area (Å²) in [6.07, 6.45) is 0. The molecule has 1 aromatic carbocycles. The number of nitrogens with one attached hydrogen (secondary N) is 1. The third-order valence-corrected chi connectivity index (χ3v) is 2.78. The van der Waals surface area contributed by atoms with Crippen LogP contribution < -0.4 is 5.32 Å². The average molecular weight is 204 g/mol. The summed E-state index contributed by atoms with van der Waals surface area (Å²) in [6, 6.07) is 12.4. The fourth-order valence-electron chi connectivity index (χ4n) is 1.23. The summed E-state index contributed by atoms with van der Waals surface area (Å²) in [4.78, 5) is 0. The van der Waals surface area contributed by atoms with Crippen molar-refractivity contribution >= 4 is 16.5 Å². The summed E-state index contributed by atoms with van der Waals surface area (Å²) < 4.78 is 4.21. The van der Waals surface area contributed by atoms with E-state index in [2.05, 4.69) is 40.0 Å². The van der Waals surface area contributed by atoms with Gasteiger partial charge in [0.05, 0.1) is 5.69 Å². The molecule has 0 aliphatic carbocycles. The van der Waals surface area contributed by atoms with Crippen molar-refractivity contribution in [2.45, 2.75) is 13.5 Å². The van der Waals surface area contributed by atoms with Crippen LogP contribution in [-0.2, 0) is 6.54 Å². The Balaban J connectivity index is 1.95. The summed E-state index contributed by atoms with van der Waals surface area (Å²) in [5.41, 5.74) is 2.36. The van der Waals surface area contributed by atoms with Crippen molar-refractivity contribution in [1.29, 1.82) is 0 Å². The minimum absolute atomic E-state index is 0.864. The van der Waals surface area contributed by atoms with E-state index in [-0.39, 0.29) is 0 Å². The van der Waals surface area contributed by atoms with Gasteiger partial charge >= 0.3 is 0 Å². The predicted molar refractivity (Wildman–Crippen MR) is 60.6 cm³/mol. The normalized spacial score (nSPS) is 10.1. The van der Waals surface area contributed by atoms with E-state index >= 15 is 0 Å². The van der Waals surface area contributed by atoms with Gasteiger partial charge in [-0.05, 0) is 30.1 Å². The van der Waals surface area contributed by atoms with Crippen LogP contribution in [0.1, 0.15) is 11.3 Å². The van der Waals surface area contributed by atoms with Crippen LogP contribution in [0.25, 0.3) is 0 Å². The van der Waals surface area contributed by atoms with Crippen LogP contribution in [0.5, 0.6) is 0 Å². The molecule has 2 aromatic rings. The lowest BCUT2D eigenvalue weighted by atomic mass is 10.2. The van der Waals surface area contributed by atoms with E-state index in [0.29, 0.717) is 0 Å². The maximum Gasteiger partial charge on any atom is 0.109 e. The van der Waals surface area contributed by atoms with Crippen molar-refractivity contribution < 1.29 is 0 Å². The number of benzene rings is 1. The number of rotatable bonds is 3. The van der Waals surface area contributed by atoms with Gasteiger partial charge in [0.25, 0.3) is 0 Å². The molecule has 1 N–H and O–H groups in total. The maximum atomic E-state index is 4.21. The molecule has 3 heteroatoms. The van der Waals surface area contributed by atoms with Gasteiger partial charge in [0.2, 0.25) is 0 Å². The molecule has 72 valence electrons. The Morgan fingerprint density at radius 1 is 1.29 bits per heavy atom.